The van der Waals surface area contributed by atoms with Gasteiger partial charge in [-0.3, -0.25) is 4.79 Å². The van der Waals surface area contributed by atoms with E-state index in [9.17, 15) is 4.79 Å². The van der Waals surface area contributed by atoms with E-state index in [-0.39, 0.29) is 11.6 Å². The highest BCUT2D eigenvalue weighted by atomic mass is 16.5. The Labute approximate surface area is 170 Å². The third-order valence-corrected chi connectivity index (χ3v) is 4.39. The molecule has 0 bridgehead atoms. The zero-order valence-electron chi connectivity index (χ0n) is 16.7. The number of aromatic nitrogens is 2. The van der Waals surface area contributed by atoms with Gasteiger partial charge in [0.2, 0.25) is 0 Å². The summed E-state index contributed by atoms with van der Waals surface area (Å²) in [5, 5.41) is 5.99. The highest BCUT2D eigenvalue weighted by Crippen LogP contribution is 2.19. The Morgan fingerprint density at radius 1 is 0.966 bits per heavy atom. The number of carbonyl (C=O) groups is 1. The van der Waals surface area contributed by atoms with Gasteiger partial charge < -0.3 is 20.1 Å². The maximum atomic E-state index is 12.3. The van der Waals surface area contributed by atoms with Gasteiger partial charge in [0.25, 0.3) is 5.91 Å². The number of ether oxygens (including phenoxy) is 2. The molecular weight excluding hydrogens is 368 g/mol. The van der Waals surface area contributed by atoms with Crippen molar-refractivity contribution < 1.29 is 14.3 Å². The SMILES string of the molecule is COc1ccc(OCCNC(=O)c2cc(Nc3ccc(C)c(C)c3)ncn2)cc1. The van der Waals surface area contributed by atoms with Crippen LogP contribution >= 0.6 is 0 Å². The summed E-state index contributed by atoms with van der Waals surface area (Å²) in [5.41, 5.74) is 3.59. The maximum Gasteiger partial charge on any atom is 0.270 e. The van der Waals surface area contributed by atoms with Gasteiger partial charge in [0.15, 0.2) is 0 Å². The van der Waals surface area contributed by atoms with Gasteiger partial charge in [0, 0.05) is 11.8 Å². The van der Waals surface area contributed by atoms with Gasteiger partial charge in [-0.25, -0.2) is 9.97 Å². The lowest BCUT2D eigenvalue weighted by atomic mass is 10.1. The van der Waals surface area contributed by atoms with Crippen molar-refractivity contribution in [1.82, 2.24) is 15.3 Å². The van der Waals surface area contributed by atoms with Crippen LogP contribution in [0.15, 0.2) is 54.9 Å². The van der Waals surface area contributed by atoms with E-state index < -0.39 is 0 Å². The number of anilines is 2. The van der Waals surface area contributed by atoms with Crippen molar-refractivity contribution in [3.63, 3.8) is 0 Å². The number of amides is 1. The summed E-state index contributed by atoms with van der Waals surface area (Å²) >= 11 is 0. The molecule has 0 unspecified atom stereocenters. The van der Waals surface area contributed by atoms with E-state index >= 15 is 0 Å². The molecule has 0 aliphatic heterocycles. The Balaban J connectivity index is 1.51. The first kappa shape index (κ1) is 20.1. The number of hydrogen-bond donors (Lipinski definition) is 2. The molecule has 0 saturated carbocycles. The van der Waals surface area contributed by atoms with Crippen LogP contribution in [-0.4, -0.2) is 36.1 Å². The summed E-state index contributed by atoms with van der Waals surface area (Å²) in [6.45, 7) is 4.81. The largest absolute Gasteiger partial charge is 0.497 e. The van der Waals surface area contributed by atoms with E-state index in [2.05, 4.69) is 27.5 Å². The molecule has 0 atom stereocenters. The highest BCUT2D eigenvalue weighted by Gasteiger charge is 2.09. The van der Waals surface area contributed by atoms with Crippen molar-refractivity contribution in [3.05, 3.63) is 71.7 Å². The molecule has 1 heterocycles. The molecule has 3 rings (SSSR count). The molecule has 0 radical (unpaired) electrons. The molecule has 3 aromatic rings. The monoisotopic (exact) mass is 392 g/mol. The number of rotatable bonds is 8. The molecule has 2 aromatic carbocycles. The van der Waals surface area contributed by atoms with Crippen LogP contribution in [-0.2, 0) is 0 Å². The molecule has 0 fully saturated rings. The molecule has 7 nitrogen and oxygen atoms in total. The lowest BCUT2D eigenvalue weighted by molar-refractivity contribution is 0.0942. The van der Waals surface area contributed by atoms with Crippen molar-refractivity contribution in [3.8, 4) is 11.5 Å². The molecule has 7 heteroatoms. The normalized spacial score (nSPS) is 10.3. The maximum absolute atomic E-state index is 12.3. The van der Waals surface area contributed by atoms with E-state index in [0.29, 0.717) is 24.7 Å². The van der Waals surface area contributed by atoms with Crippen molar-refractivity contribution in [2.45, 2.75) is 13.8 Å². The second kappa shape index (κ2) is 9.54. The molecule has 1 aromatic heterocycles. The minimum atomic E-state index is -0.283. The first-order chi connectivity index (χ1) is 14.0. The van der Waals surface area contributed by atoms with Crippen LogP contribution in [0, 0.1) is 13.8 Å². The Bertz CT molecular complexity index is 974. The minimum absolute atomic E-state index is 0.283. The first-order valence-electron chi connectivity index (χ1n) is 9.26. The average molecular weight is 392 g/mol. The Hall–Kier alpha value is -3.61. The van der Waals surface area contributed by atoms with E-state index in [1.54, 1.807) is 13.2 Å². The van der Waals surface area contributed by atoms with Gasteiger partial charge in [-0.1, -0.05) is 6.07 Å². The zero-order valence-corrected chi connectivity index (χ0v) is 16.7. The summed E-state index contributed by atoms with van der Waals surface area (Å²) in [5.74, 6) is 1.75. The predicted molar refractivity (Wildman–Crippen MR) is 112 cm³/mol. The van der Waals surface area contributed by atoms with Crippen molar-refractivity contribution in [1.29, 1.82) is 0 Å². The molecular formula is C22H24N4O3. The topological polar surface area (TPSA) is 85.4 Å². The fraction of sp³-hybridized carbons (Fsp3) is 0.227. The number of aryl methyl sites for hydroxylation is 2. The van der Waals surface area contributed by atoms with Gasteiger partial charge in [-0.05, 0) is 61.4 Å². The van der Waals surface area contributed by atoms with Gasteiger partial charge in [0.1, 0.15) is 35.9 Å². The lowest BCUT2D eigenvalue weighted by Crippen LogP contribution is -2.28. The Kier molecular flexibility index (Phi) is 6.63. The van der Waals surface area contributed by atoms with Crippen LogP contribution in [0.3, 0.4) is 0 Å². The fourth-order valence-electron chi connectivity index (χ4n) is 2.61. The van der Waals surface area contributed by atoms with E-state index in [1.165, 1.54) is 17.5 Å². The smallest absolute Gasteiger partial charge is 0.270 e. The molecule has 0 aliphatic rings. The van der Waals surface area contributed by atoms with E-state index in [0.717, 1.165) is 11.4 Å². The van der Waals surface area contributed by atoms with Crippen LogP contribution in [0.25, 0.3) is 0 Å². The van der Waals surface area contributed by atoms with Crippen molar-refractivity contribution in [2.24, 2.45) is 0 Å². The van der Waals surface area contributed by atoms with Crippen molar-refractivity contribution in [2.75, 3.05) is 25.6 Å². The number of benzene rings is 2. The molecule has 0 spiro atoms. The van der Waals surface area contributed by atoms with Crippen LogP contribution in [0.1, 0.15) is 21.6 Å². The zero-order chi connectivity index (χ0) is 20.6. The summed E-state index contributed by atoms with van der Waals surface area (Å²) < 4.78 is 10.7. The number of nitrogens with zero attached hydrogens (tertiary/aromatic N) is 2. The molecule has 1 amide bonds. The number of carbonyl (C=O) groups excluding carboxylic acids is 1. The first-order valence-corrected chi connectivity index (χ1v) is 9.26. The highest BCUT2D eigenvalue weighted by molar-refractivity contribution is 5.92. The standard InChI is InChI=1S/C22H24N4O3/c1-15-4-5-17(12-16(15)2)26-21-13-20(24-14-25-21)22(27)23-10-11-29-19-8-6-18(28-3)7-9-19/h4-9,12-14H,10-11H2,1-3H3,(H,23,27)(H,24,25,26). The lowest BCUT2D eigenvalue weighted by Gasteiger charge is -2.10. The second-order valence-corrected chi connectivity index (χ2v) is 6.49. The summed E-state index contributed by atoms with van der Waals surface area (Å²) in [4.78, 5) is 20.6. The Morgan fingerprint density at radius 2 is 1.72 bits per heavy atom. The van der Waals surface area contributed by atoms with Gasteiger partial charge in [0.05, 0.1) is 13.7 Å². The molecule has 29 heavy (non-hydrogen) atoms. The molecule has 2 N–H and O–H groups in total. The van der Waals surface area contributed by atoms with Crippen molar-refractivity contribution >= 4 is 17.4 Å². The summed E-state index contributed by atoms with van der Waals surface area (Å²) in [6, 6.07) is 14.9. The van der Waals surface area contributed by atoms with E-state index in [4.69, 9.17) is 9.47 Å². The number of hydrogen-bond acceptors (Lipinski definition) is 6. The Morgan fingerprint density at radius 3 is 2.45 bits per heavy atom. The third-order valence-electron chi connectivity index (χ3n) is 4.39. The van der Waals surface area contributed by atoms with Gasteiger partial charge in [-0.15, -0.1) is 0 Å². The number of methoxy groups -OCH3 is 1. The van der Waals surface area contributed by atoms with Crippen LogP contribution < -0.4 is 20.1 Å². The van der Waals surface area contributed by atoms with Gasteiger partial charge in [-0.2, -0.15) is 0 Å². The molecule has 0 saturated heterocycles. The predicted octanol–water partition coefficient (Wildman–Crippen LogP) is 3.65. The summed E-state index contributed by atoms with van der Waals surface area (Å²) in [7, 11) is 1.61. The van der Waals surface area contributed by atoms with E-state index in [1.807, 2.05) is 49.4 Å². The van der Waals surface area contributed by atoms with Crippen LogP contribution in [0.5, 0.6) is 11.5 Å². The third kappa shape index (κ3) is 5.68. The van der Waals surface area contributed by atoms with Crippen LogP contribution in [0.2, 0.25) is 0 Å². The minimum Gasteiger partial charge on any atom is -0.497 e. The second-order valence-electron chi connectivity index (χ2n) is 6.49. The summed E-state index contributed by atoms with van der Waals surface area (Å²) in [6.07, 6.45) is 1.37. The quantitative estimate of drug-likeness (QED) is 0.569. The number of nitrogens with one attached hydrogen (secondary N) is 2. The molecule has 0 aliphatic carbocycles. The average Bonchev–Trinajstić information content (AvgIpc) is 2.74. The fourth-order valence-corrected chi connectivity index (χ4v) is 2.61. The van der Waals surface area contributed by atoms with Gasteiger partial charge >= 0.3 is 0 Å². The van der Waals surface area contributed by atoms with Crippen LogP contribution in [0.4, 0.5) is 11.5 Å². The molecule has 150 valence electrons.